The van der Waals surface area contributed by atoms with E-state index in [-0.39, 0.29) is 12.0 Å². The number of anilines is 1. The van der Waals surface area contributed by atoms with Crippen LogP contribution in [0.4, 0.5) is 5.69 Å². The van der Waals surface area contributed by atoms with E-state index in [4.69, 9.17) is 23.7 Å². The summed E-state index contributed by atoms with van der Waals surface area (Å²) in [7, 11) is 6.42. The van der Waals surface area contributed by atoms with E-state index in [1.54, 1.807) is 7.11 Å². The van der Waals surface area contributed by atoms with Gasteiger partial charge in [-0.15, -0.1) is 11.8 Å². The topological polar surface area (TPSA) is 146 Å². The molecule has 10 rings (SSSR count). The van der Waals surface area contributed by atoms with E-state index in [9.17, 15) is 14.7 Å². The van der Waals surface area contributed by atoms with Gasteiger partial charge in [-0.1, -0.05) is 32.9 Å². The molecule has 7 heterocycles. The molecule has 10 atom stereocenters. The Labute approximate surface area is 374 Å². The Bertz CT molecular complexity index is 2440. The van der Waals surface area contributed by atoms with Gasteiger partial charge in [0, 0.05) is 90.4 Å². The van der Waals surface area contributed by atoms with Gasteiger partial charge < -0.3 is 38.7 Å². The number of hydrogen-bond acceptors (Lipinski definition) is 13. The molecule has 2 aromatic carbocycles. The number of thioether (sulfide) groups is 1. The van der Waals surface area contributed by atoms with Gasteiger partial charge in [0.05, 0.1) is 32.3 Å². The molecular formula is C49H62N4O9S. The van der Waals surface area contributed by atoms with E-state index >= 15 is 4.79 Å². The highest BCUT2D eigenvalue weighted by Crippen LogP contribution is 2.80. The molecule has 0 radical (unpaired) electrons. The zero-order valence-corrected chi connectivity index (χ0v) is 38.7. The van der Waals surface area contributed by atoms with Gasteiger partial charge in [-0.2, -0.15) is 0 Å². The van der Waals surface area contributed by atoms with Crippen LogP contribution in [0, 0.1) is 11.3 Å². The van der Waals surface area contributed by atoms with Crippen LogP contribution in [-0.4, -0.2) is 134 Å². The molecule has 3 aromatic rings. The summed E-state index contributed by atoms with van der Waals surface area (Å²) in [6, 6.07) is 10.5. The molecule has 2 spiro atoms. The Morgan fingerprint density at radius 1 is 1.00 bits per heavy atom. The van der Waals surface area contributed by atoms with Crippen molar-refractivity contribution in [2.45, 2.75) is 117 Å². The first-order valence-electron chi connectivity index (χ1n) is 22.9. The second-order valence-electron chi connectivity index (χ2n) is 19.3. The third-order valence-electron chi connectivity index (χ3n) is 16.6. The van der Waals surface area contributed by atoms with Crippen LogP contribution in [0.1, 0.15) is 88.6 Å². The second kappa shape index (κ2) is 14.7. The Hall–Kier alpha value is -4.08. The first-order valence-corrected chi connectivity index (χ1v) is 23.9. The van der Waals surface area contributed by atoms with Crippen molar-refractivity contribution >= 4 is 46.3 Å². The molecule has 0 amide bonds. The lowest BCUT2D eigenvalue weighted by atomic mass is 9.49. The average molecular weight is 883 g/mol. The smallest absolute Gasteiger partial charge is 0.347 e. The number of H-pyrrole nitrogens is 1. The summed E-state index contributed by atoms with van der Waals surface area (Å²) in [6.45, 7) is 11.1. The Morgan fingerprint density at radius 3 is 2.49 bits per heavy atom. The fourth-order valence-electron chi connectivity index (χ4n) is 14.2. The monoisotopic (exact) mass is 882 g/mol. The highest BCUT2D eigenvalue weighted by Gasteiger charge is 2.98. The molecule has 1 saturated carbocycles. The maximum Gasteiger partial charge on any atom is 0.347 e. The van der Waals surface area contributed by atoms with E-state index in [2.05, 4.69) is 69.9 Å². The predicted molar refractivity (Wildman–Crippen MR) is 239 cm³/mol. The first kappa shape index (κ1) is 42.8. The normalized spacial score (nSPS) is 37.1. The number of fused-ring (bicyclic) bond motifs is 6. The number of esters is 3. The van der Waals surface area contributed by atoms with Crippen LogP contribution in [-0.2, 0) is 50.6 Å². The zero-order valence-electron chi connectivity index (χ0n) is 37.9. The molecule has 338 valence electrons. The molecule has 6 aliphatic heterocycles. The van der Waals surface area contributed by atoms with Crippen LogP contribution in [0.25, 0.3) is 10.9 Å². The molecular weight excluding hydrogens is 821 g/mol. The Morgan fingerprint density at radius 2 is 1.79 bits per heavy atom. The standard InChI is InChI=1S/C49H62N4O9S/c1-9-21-63-31-13-14-36-33(22-31)32-15-19-52-27-30(25-44(57,10-2)28-52)26-46(39(32)50-36,42(55)59-7)35-23-34-37(24-38(35)58-6)51(5)49-47(34)17-20-53-18-12-16-45(11-3,40(47)53)41(61-29(4)54)48(49,62-49)43(56)60-8/h12-14,16,22-24,30,40-41,50,57H,9-11,15,17-21,25-28H2,1-8H3/t30-,40+,41-,44+,45-,46+,47-,48+,49+/m1/s1. The minimum atomic E-state index is -1.66. The van der Waals surface area contributed by atoms with Crippen molar-refractivity contribution in [3.05, 3.63) is 64.9 Å². The highest BCUT2D eigenvalue weighted by molar-refractivity contribution is 7.99. The number of rotatable bonds is 10. The molecule has 3 saturated heterocycles. The van der Waals surface area contributed by atoms with E-state index in [0.717, 1.165) is 58.7 Å². The number of hydrogen-bond donors (Lipinski definition) is 2. The molecule has 1 aliphatic carbocycles. The van der Waals surface area contributed by atoms with Gasteiger partial charge in [-0.3, -0.25) is 19.4 Å². The number of aromatic amines is 1. The van der Waals surface area contributed by atoms with Crippen molar-refractivity contribution in [2.75, 3.05) is 71.8 Å². The third-order valence-corrected chi connectivity index (χ3v) is 17.8. The van der Waals surface area contributed by atoms with Crippen LogP contribution in [0.2, 0.25) is 0 Å². The minimum absolute atomic E-state index is 0.0860. The molecule has 2 N–H and O–H groups in total. The molecule has 13 nitrogen and oxygen atoms in total. The van der Waals surface area contributed by atoms with Gasteiger partial charge >= 0.3 is 17.9 Å². The number of methoxy groups -OCH3 is 3. The third kappa shape index (κ3) is 5.35. The predicted octanol–water partition coefficient (Wildman–Crippen LogP) is 5.86. The molecule has 1 aromatic heterocycles. The summed E-state index contributed by atoms with van der Waals surface area (Å²) in [4.78, 5) is 55.3. The van der Waals surface area contributed by atoms with Gasteiger partial charge in [0.1, 0.15) is 11.2 Å². The van der Waals surface area contributed by atoms with Crippen molar-refractivity contribution in [3.8, 4) is 5.75 Å². The lowest BCUT2D eigenvalue weighted by Gasteiger charge is -2.58. The number of epoxide rings is 1. The minimum Gasteiger partial charge on any atom is -0.496 e. The number of aliphatic hydroxyl groups is 1. The largest absolute Gasteiger partial charge is 0.496 e. The summed E-state index contributed by atoms with van der Waals surface area (Å²) in [6.07, 6.45) is 7.70. The van der Waals surface area contributed by atoms with E-state index in [0.29, 0.717) is 69.5 Å². The Balaban J connectivity index is 1.27. The van der Waals surface area contributed by atoms with Gasteiger partial charge in [-0.05, 0) is 98.6 Å². The first-order chi connectivity index (χ1) is 30.2. The number of carbonyl (C=O) groups is 3. The van der Waals surface area contributed by atoms with E-state index in [1.807, 2.05) is 31.8 Å². The summed E-state index contributed by atoms with van der Waals surface area (Å²) in [5.41, 5.74) is -1.75. The lowest BCUT2D eigenvalue weighted by Crippen LogP contribution is -2.75. The van der Waals surface area contributed by atoms with Crippen molar-refractivity contribution in [3.63, 3.8) is 0 Å². The SMILES string of the molecule is CCCSc1ccc2[nH]c3c(c2c1)CCN1C[C@H](C[C@@](O)(CC)C1)C[C@]3(C(=O)OC)c1cc2c(cc1OC)N(C)[C@@]13O[C@]1(C(=O)OC)[C@H](OC(C)=O)[C@]1(CC)C=CCN4CC[C@]23[C@@H]41. The number of nitrogens with one attached hydrogen (secondary N) is 1. The summed E-state index contributed by atoms with van der Waals surface area (Å²) >= 11 is 1.83. The number of ether oxygens (including phenoxy) is 5. The fraction of sp³-hybridized carbons (Fsp3) is 0.612. The summed E-state index contributed by atoms with van der Waals surface area (Å²) in [5, 5.41) is 13.2. The Kier molecular flexibility index (Phi) is 10.0. The molecule has 4 fully saturated rings. The molecule has 1 unspecified atom stereocenters. The number of carbonyl (C=O) groups excluding carboxylic acids is 3. The van der Waals surface area contributed by atoms with Crippen LogP contribution in [0.15, 0.2) is 47.4 Å². The average Bonchev–Trinajstić information content (AvgIpc) is 3.53. The zero-order chi connectivity index (χ0) is 44.5. The second-order valence-corrected chi connectivity index (χ2v) is 20.5. The molecule has 14 heteroatoms. The van der Waals surface area contributed by atoms with E-state index < -0.39 is 57.2 Å². The quantitative estimate of drug-likeness (QED) is 0.0826. The van der Waals surface area contributed by atoms with Crippen molar-refractivity contribution in [1.82, 2.24) is 14.8 Å². The van der Waals surface area contributed by atoms with Crippen LogP contribution < -0.4 is 9.64 Å². The lowest BCUT2D eigenvalue weighted by molar-refractivity contribution is -0.178. The fourth-order valence-corrected chi connectivity index (χ4v) is 15.0. The molecule has 7 aliphatic rings. The summed E-state index contributed by atoms with van der Waals surface area (Å²) in [5.74, 6) is -0.0856. The van der Waals surface area contributed by atoms with Gasteiger partial charge in [0.2, 0.25) is 0 Å². The van der Waals surface area contributed by atoms with E-state index in [1.165, 1.54) is 26.0 Å². The maximum atomic E-state index is 15.6. The molecule has 2 bridgehead atoms. The van der Waals surface area contributed by atoms with Gasteiger partial charge in [0.15, 0.2) is 11.8 Å². The van der Waals surface area contributed by atoms with Crippen LogP contribution in [0.5, 0.6) is 5.75 Å². The number of likely N-dealkylation sites (N-methyl/N-ethyl adjacent to an activating group) is 1. The highest BCUT2D eigenvalue weighted by atomic mass is 32.2. The van der Waals surface area contributed by atoms with Crippen molar-refractivity contribution < 1.29 is 43.2 Å². The van der Waals surface area contributed by atoms with Crippen LogP contribution in [0.3, 0.4) is 0 Å². The number of piperidine rings is 1. The van der Waals surface area contributed by atoms with Gasteiger partial charge in [-0.25, -0.2) is 4.79 Å². The van der Waals surface area contributed by atoms with Gasteiger partial charge in [0.25, 0.3) is 5.60 Å². The van der Waals surface area contributed by atoms with Crippen molar-refractivity contribution in [2.24, 2.45) is 11.3 Å². The number of aromatic nitrogens is 1. The maximum absolute atomic E-state index is 15.6. The summed E-state index contributed by atoms with van der Waals surface area (Å²) < 4.78 is 31.7. The number of benzene rings is 2. The number of nitrogens with zero attached hydrogens (tertiary/aromatic N) is 3. The molecule has 63 heavy (non-hydrogen) atoms. The van der Waals surface area contributed by atoms with Crippen LogP contribution >= 0.6 is 11.8 Å². The van der Waals surface area contributed by atoms with Crippen molar-refractivity contribution in [1.29, 1.82) is 0 Å².